The van der Waals surface area contributed by atoms with E-state index in [2.05, 4.69) is 11.0 Å². The van der Waals surface area contributed by atoms with Gasteiger partial charge in [-0.3, -0.25) is 0 Å². The SMILES string of the molecule is CC(N)c1ccccc1N(C)C(C)CC#N. The summed E-state index contributed by atoms with van der Waals surface area (Å²) in [6.07, 6.45) is 0.518. The second-order valence-corrected chi connectivity index (χ2v) is 4.17. The molecular formula is C13H19N3. The van der Waals surface area contributed by atoms with Crippen molar-refractivity contribution in [2.75, 3.05) is 11.9 Å². The van der Waals surface area contributed by atoms with Gasteiger partial charge >= 0.3 is 0 Å². The molecule has 86 valence electrons. The summed E-state index contributed by atoms with van der Waals surface area (Å²) in [4.78, 5) is 2.11. The molecule has 0 spiro atoms. The largest absolute Gasteiger partial charge is 0.371 e. The second kappa shape index (κ2) is 5.53. The number of nitrogens with two attached hydrogens (primary N) is 1. The van der Waals surface area contributed by atoms with Crippen LogP contribution < -0.4 is 10.6 Å². The molecule has 0 aliphatic carbocycles. The van der Waals surface area contributed by atoms with Crippen LogP contribution in [0.2, 0.25) is 0 Å². The number of nitrogens with zero attached hydrogens (tertiary/aromatic N) is 2. The molecule has 0 saturated carbocycles. The van der Waals surface area contributed by atoms with Crippen LogP contribution in [0.5, 0.6) is 0 Å². The fraction of sp³-hybridized carbons (Fsp3) is 0.462. The van der Waals surface area contributed by atoms with E-state index in [1.165, 1.54) is 0 Å². The maximum atomic E-state index is 8.71. The van der Waals surface area contributed by atoms with Gasteiger partial charge in [0.05, 0.1) is 12.5 Å². The quantitative estimate of drug-likeness (QED) is 0.842. The van der Waals surface area contributed by atoms with Gasteiger partial charge in [-0.25, -0.2) is 0 Å². The van der Waals surface area contributed by atoms with Gasteiger partial charge in [-0.2, -0.15) is 5.26 Å². The predicted octanol–water partition coefficient (Wildman–Crippen LogP) is 2.44. The molecule has 0 radical (unpaired) electrons. The van der Waals surface area contributed by atoms with Crippen LogP contribution in [0.3, 0.4) is 0 Å². The number of para-hydroxylation sites is 1. The van der Waals surface area contributed by atoms with Crippen LogP contribution in [0, 0.1) is 11.3 Å². The number of nitriles is 1. The molecule has 0 aliphatic rings. The molecule has 3 nitrogen and oxygen atoms in total. The first kappa shape index (κ1) is 12.5. The summed E-state index contributed by atoms with van der Waals surface area (Å²) in [5.74, 6) is 0. The molecule has 0 fully saturated rings. The zero-order valence-electron chi connectivity index (χ0n) is 10.1. The Bertz CT molecular complexity index is 379. The fourth-order valence-electron chi connectivity index (χ4n) is 1.70. The minimum Gasteiger partial charge on any atom is -0.371 e. The molecule has 0 saturated heterocycles. The van der Waals surface area contributed by atoms with Crippen LogP contribution in [0.25, 0.3) is 0 Å². The summed E-state index contributed by atoms with van der Waals surface area (Å²) >= 11 is 0. The molecule has 0 aliphatic heterocycles. The fourth-order valence-corrected chi connectivity index (χ4v) is 1.70. The molecule has 2 unspecified atom stereocenters. The van der Waals surface area contributed by atoms with Crippen molar-refractivity contribution in [3.8, 4) is 6.07 Å². The van der Waals surface area contributed by atoms with E-state index in [1.54, 1.807) is 0 Å². The lowest BCUT2D eigenvalue weighted by molar-refractivity contribution is 0.692. The van der Waals surface area contributed by atoms with Gasteiger partial charge in [0.2, 0.25) is 0 Å². The monoisotopic (exact) mass is 217 g/mol. The zero-order valence-corrected chi connectivity index (χ0v) is 10.1. The van der Waals surface area contributed by atoms with E-state index in [4.69, 9.17) is 11.0 Å². The zero-order chi connectivity index (χ0) is 12.1. The summed E-state index contributed by atoms with van der Waals surface area (Å²) in [6.45, 7) is 4.02. The van der Waals surface area contributed by atoms with Crippen LogP contribution in [0.4, 0.5) is 5.69 Å². The van der Waals surface area contributed by atoms with E-state index < -0.39 is 0 Å². The van der Waals surface area contributed by atoms with Crippen LogP contribution in [-0.4, -0.2) is 13.1 Å². The molecule has 1 aromatic rings. The molecule has 0 bridgehead atoms. The van der Waals surface area contributed by atoms with Crippen molar-refractivity contribution in [2.45, 2.75) is 32.4 Å². The highest BCUT2D eigenvalue weighted by molar-refractivity contribution is 5.55. The molecule has 2 atom stereocenters. The Labute approximate surface area is 97.5 Å². The van der Waals surface area contributed by atoms with Gasteiger partial charge in [0, 0.05) is 24.8 Å². The highest BCUT2D eigenvalue weighted by Crippen LogP contribution is 2.25. The summed E-state index contributed by atoms with van der Waals surface area (Å²) in [7, 11) is 2.00. The van der Waals surface area contributed by atoms with Gasteiger partial charge in [0.1, 0.15) is 0 Å². The number of rotatable bonds is 4. The molecule has 3 heteroatoms. The summed E-state index contributed by atoms with van der Waals surface area (Å²) in [5, 5.41) is 8.71. The lowest BCUT2D eigenvalue weighted by Gasteiger charge is -2.28. The smallest absolute Gasteiger partial charge is 0.0643 e. The number of hydrogen-bond acceptors (Lipinski definition) is 3. The Morgan fingerprint density at radius 3 is 2.56 bits per heavy atom. The van der Waals surface area contributed by atoms with Crippen LogP contribution in [-0.2, 0) is 0 Å². The Kier molecular flexibility index (Phi) is 4.33. The van der Waals surface area contributed by atoms with Crippen molar-refractivity contribution in [1.82, 2.24) is 0 Å². The standard InChI is InChI=1S/C13H19N3/c1-10(8-9-14)16(3)13-7-5-4-6-12(13)11(2)15/h4-7,10-11H,8,15H2,1-3H3. The molecule has 16 heavy (non-hydrogen) atoms. The summed E-state index contributed by atoms with van der Waals surface area (Å²) in [5.41, 5.74) is 8.17. The van der Waals surface area contributed by atoms with Crippen LogP contribution in [0.15, 0.2) is 24.3 Å². The van der Waals surface area contributed by atoms with E-state index in [0.717, 1.165) is 11.3 Å². The molecular weight excluding hydrogens is 198 g/mol. The van der Waals surface area contributed by atoms with E-state index in [9.17, 15) is 0 Å². The molecule has 1 aromatic carbocycles. The topological polar surface area (TPSA) is 53.0 Å². The van der Waals surface area contributed by atoms with Crippen LogP contribution in [0.1, 0.15) is 31.9 Å². The first-order chi connectivity index (χ1) is 7.57. The van der Waals surface area contributed by atoms with E-state index >= 15 is 0 Å². The molecule has 0 heterocycles. The minimum atomic E-state index is 0.00735. The second-order valence-electron chi connectivity index (χ2n) is 4.17. The van der Waals surface area contributed by atoms with Crippen LogP contribution >= 0.6 is 0 Å². The Hall–Kier alpha value is -1.53. The van der Waals surface area contributed by atoms with Crippen molar-refractivity contribution < 1.29 is 0 Å². The maximum absolute atomic E-state index is 8.71. The average molecular weight is 217 g/mol. The van der Waals surface area contributed by atoms with Gasteiger partial charge in [0.15, 0.2) is 0 Å². The Morgan fingerprint density at radius 1 is 1.38 bits per heavy atom. The van der Waals surface area contributed by atoms with Gasteiger partial charge < -0.3 is 10.6 Å². The normalized spacial score (nSPS) is 13.9. The molecule has 2 N–H and O–H groups in total. The first-order valence-corrected chi connectivity index (χ1v) is 5.52. The maximum Gasteiger partial charge on any atom is 0.0643 e. The molecule has 0 aromatic heterocycles. The van der Waals surface area contributed by atoms with Gasteiger partial charge in [-0.15, -0.1) is 0 Å². The van der Waals surface area contributed by atoms with E-state index in [0.29, 0.717) is 6.42 Å². The lowest BCUT2D eigenvalue weighted by Crippen LogP contribution is -2.29. The van der Waals surface area contributed by atoms with Crippen molar-refractivity contribution >= 4 is 5.69 Å². The summed E-state index contributed by atoms with van der Waals surface area (Å²) in [6, 6.07) is 10.5. The van der Waals surface area contributed by atoms with Gasteiger partial charge in [-0.05, 0) is 25.5 Å². The third-order valence-electron chi connectivity index (χ3n) is 2.86. The minimum absolute atomic E-state index is 0.00735. The third-order valence-corrected chi connectivity index (χ3v) is 2.86. The Morgan fingerprint density at radius 2 is 2.00 bits per heavy atom. The van der Waals surface area contributed by atoms with Crippen molar-refractivity contribution in [3.05, 3.63) is 29.8 Å². The predicted molar refractivity (Wildman–Crippen MR) is 67.1 cm³/mol. The number of hydrogen-bond donors (Lipinski definition) is 1. The molecule has 0 amide bonds. The third kappa shape index (κ3) is 2.74. The van der Waals surface area contributed by atoms with Gasteiger partial charge in [0.25, 0.3) is 0 Å². The van der Waals surface area contributed by atoms with Crippen molar-refractivity contribution in [1.29, 1.82) is 5.26 Å². The lowest BCUT2D eigenvalue weighted by atomic mass is 10.0. The highest BCUT2D eigenvalue weighted by atomic mass is 15.1. The van der Waals surface area contributed by atoms with E-state index in [-0.39, 0.29) is 12.1 Å². The average Bonchev–Trinajstić information content (AvgIpc) is 2.28. The summed E-state index contributed by atoms with van der Waals surface area (Å²) < 4.78 is 0. The van der Waals surface area contributed by atoms with E-state index in [1.807, 2.05) is 45.2 Å². The number of benzene rings is 1. The van der Waals surface area contributed by atoms with Crippen molar-refractivity contribution in [3.63, 3.8) is 0 Å². The van der Waals surface area contributed by atoms with Gasteiger partial charge in [-0.1, -0.05) is 18.2 Å². The Balaban J connectivity index is 2.99. The van der Waals surface area contributed by atoms with Crippen molar-refractivity contribution in [2.24, 2.45) is 5.73 Å². The number of anilines is 1. The first-order valence-electron chi connectivity index (χ1n) is 5.52. The molecule has 1 rings (SSSR count). The highest BCUT2D eigenvalue weighted by Gasteiger charge is 2.14.